The first-order valence-corrected chi connectivity index (χ1v) is 5.39. The average molecular weight is 290 g/mol. The van der Waals surface area contributed by atoms with Crippen molar-refractivity contribution >= 4 is 28.9 Å². The molecule has 17 heavy (non-hydrogen) atoms. The monoisotopic (exact) mass is 288 g/mol. The van der Waals surface area contributed by atoms with E-state index in [4.69, 9.17) is 33.7 Å². The van der Waals surface area contributed by atoms with E-state index < -0.39 is 0 Å². The fourth-order valence-electron chi connectivity index (χ4n) is 1.24. The van der Waals surface area contributed by atoms with Gasteiger partial charge in [0.1, 0.15) is 11.5 Å². The maximum absolute atomic E-state index is 5.79. The summed E-state index contributed by atoms with van der Waals surface area (Å²) in [6.07, 6.45) is 0. The Hall–Kier alpha value is -1.09. The molecular formula is C12H9Cl3NO-. The minimum atomic E-state index is 0. The normalized spacial score (nSPS) is 9.53. The molecule has 2 aromatic rings. The van der Waals surface area contributed by atoms with Crippen LogP contribution in [0.15, 0.2) is 42.5 Å². The summed E-state index contributed by atoms with van der Waals surface area (Å²) in [7, 11) is 0. The Labute approximate surface area is 116 Å². The number of nitrogens with two attached hydrogens (primary N) is 1. The highest BCUT2D eigenvalue weighted by atomic mass is 35.5. The van der Waals surface area contributed by atoms with Crippen molar-refractivity contribution in [2.45, 2.75) is 0 Å². The number of benzene rings is 2. The van der Waals surface area contributed by atoms with Crippen LogP contribution in [0.5, 0.6) is 11.5 Å². The van der Waals surface area contributed by atoms with E-state index in [1.54, 1.807) is 42.5 Å². The first-order valence-electron chi connectivity index (χ1n) is 4.63. The Bertz CT molecular complexity index is 500. The molecule has 0 bridgehead atoms. The van der Waals surface area contributed by atoms with Crippen molar-refractivity contribution in [1.82, 2.24) is 0 Å². The van der Waals surface area contributed by atoms with Gasteiger partial charge in [0.25, 0.3) is 0 Å². The van der Waals surface area contributed by atoms with Gasteiger partial charge in [-0.2, -0.15) is 0 Å². The van der Waals surface area contributed by atoms with Crippen molar-refractivity contribution in [3.63, 3.8) is 0 Å². The Morgan fingerprint density at radius 2 is 1.47 bits per heavy atom. The van der Waals surface area contributed by atoms with Crippen LogP contribution >= 0.6 is 23.2 Å². The smallest absolute Gasteiger partial charge is 0.150 e. The van der Waals surface area contributed by atoms with Gasteiger partial charge >= 0.3 is 0 Å². The summed E-state index contributed by atoms with van der Waals surface area (Å²) in [4.78, 5) is 0. The van der Waals surface area contributed by atoms with E-state index in [0.717, 1.165) is 0 Å². The second kappa shape index (κ2) is 6.01. The molecule has 0 spiro atoms. The molecule has 2 aromatic carbocycles. The predicted octanol–water partition coefficient (Wildman–Crippen LogP) is 1.37. The lowest BCUT2D eigenvalue weighted by Gasteiger charge is -2.08. The number of hydrogen-bond donors (Lipinski definition) is 1. The first-order chi connectivity index (χ1) is 7.65. The van der Waals surface area contributed by atoms with Crippen molar-refractivity contribution in [3.8, 4) is 11.5 Å². The Kier molecular flexibility index (Phi) is 4.94. The highest BCUT2D eigenvalue weighted by Gasteiger charge is 2.02. The van der Waals surface area contributed by atoms with Crippen molar-refractivity contribution in [3.05, 3.63) is 52.5 Å². The number of hydrogen-bond acceptors (Lipinski definition) is 2. The van der Waals surface area contributed by atoms with Crippen molar-refractivity contribution in [1.29, 1.82) is 0 Å². The molecule has 5 heteroatoms. The molecule has 0 radical (unpaired) electrons. The van der Waals surface area contributed by atoms with Crippen LogP contribution in [0.4, 0.5) is 5.69 Å². The lowest BCUT2D eigenvalue weighted by atomic mass is 10.3. The highest BCUT2D eigenvalue weighted by molar-refractivity contribution is 6.31. The topological polar surface area (TPSA) is 35.2 Å². The molecular weight excluding hydrogens is 280 g/mol. The van der Waals surface area contributed by atoms with E-state index in [1.165, 1.54) is 0 Å². The molecule has 0 saturated heterocycles. The molecule has 0 aliphatic carbocycles. The molecule has 0 aliphatic heterocycles. The van der Waals surface area contributed by atoms with Crippen LogP contribution in [0.3, 0.4) is 0 Å². The van der Waals surface area contributed by atoms with Gasteiger partial charge < -0.3 is 22.9 Å². The lowest BCUT2D eigenvalue weighted by molar-refractivity contribution is -0.00000349. The maximum Gasteiger partial charge on any atom is 0.150 e. The van der Waals surface area contributed by atoms with Crippen molar-refractivity contribution in [2.24, 2.45) is 0 Å². The van der Waals surface area contributed by atoms with Gasteiger partial charge in [0, 0.05) is 10.0 Å². The van der Waals surface area contributed by atoms with E-state index in [0.29, 0.717) is 27.2 Å². The zero-order valence-corrected chi connectivity index (χ0v) is 10.9. The van der Waals surface area contributed by atoms with E-state index >= 15 is 0 Å². The summed E-state index contributed by atoms with van der Waals surface area (Å²) in [6.45, 7) is 0. The molecule has 0 saturated carbocycles. The highest BCUT2D eigenvalue weighted by Crippen LogP contribution is 2.30. The summed E-state index contributed by atoms with van der Waals surface area (Å²) in [5.41, 5.74) is 6.27. The van der Waals surface area contributed by atoms with Crippen LogP contribution < -0.4 is 22.9 Å². The molecule has 0 aromatic heterocycles. The third-order valence-corrected chi connectivity index (χ3v) is 2.50. The zero-order valence-electron chi connectivity index (χ0n) is 8.66. The van der Waals surface area contributed by atoms with E-state index in [1.807, 2.05) is 0 Å². The summed E-state index contributed by atoms with van der Waals surface area (Å²) in [6, 6.07) is 12.2. The third-order valence-electron chi connectivity index (χ3n) is 2.01. The summed E-state index contributed by atoms with van der Waals surface area (Å²) < 4.78 is 5.58. The fraction of sp³-hybridized carbons (Fsp3) is 0. The summed E-state index contributed by atoms with van der Waals surface area (Å²) in [5.74, 6) is 1.25. The molecule has 2 nitrogen and oxygen atoms in total. The van der Waals surface area contributed by atoms with Gasteiger partial charge in [-0.3, -0.25) is 0 Å². The SMILES string of the molecule is Nc1cc(Cl)ccc1Oc1ccc(Cl)cc1.[Cl-]. The van der Waals surface area contributed by atoms with Crippen molar-refractivity contribution in [2.75, 3.05) is 5.73 Å². The molecule has 0 aliphatic rings. The number of rotatable bonds is 2. The standard InChI is InChI=1S/C12H9Cl2NO.ClH/c13-8-1-4-10(5-2-8)16-12-6-3-9(14)7-11(12)15;/h1-7H,15H2;1H/p-1. The van der Waals surface area contributed by atoms with Crippen LogP contribution in [0.2, 0.25) is 10.0 Å². The third kappa shape index (κ3) is 3.70. The van der Waals surface area contributed by atoms with E-state index in [2.05, 4.69) is 0 Å². The van der Waals surface area contributed by atoms with Gasteiger partial charge in [-0.15, -0.1) is 0 Å². The van der Waals surface area contributed by atoms with Crippen LogP contribution in [-0.2, 0) is 0 Å². The Morgan fingerprint density at radius 1 is 0.882 bits per heavy atom. The van der Waals surface area contributed by atoms with Crippen molar-refractivity contribution < 1.29 is 17.1 Å². The first kappa shape index (κ1) is 14.0. The summed E-state index contributed by atoms with van der Waals surface area (Å²) in [5, 5.41) is 1.25. The zero-order chi connectivity index (χ0) is 11.5. The van der Waals surface area contributed by atoms with Gasteiger partial charge in [0.05, 0.1) is 5.69 Å². The fourth-order valence-corrected chi connectivity index (χ4v) is 1.55. The van der Waals surface area contributed by atoms with Gasteiger partial charge in [-0.05, 0) is 42.5 Å². The van der Waals surface area contributed by atoms with Crippen LogP contribution in [-0.4, -0.2) is 0 Å². The molecule has 0 heterocycles. The molecule has 2 N–H and O–H groups in total. The predicted molar refractivity (Wildman–Crippen MR) is 67.4 cm³/mol. The number of halogens is 3. The average Bonchev–Trinajstić information content (AvgIpc) is 2.25. The quantitative estimate of drug-likeness (QED) is 0.848. The molecule has 0 amide bonds. The van der Waals surface area contributed by atoms with Gasteiger partial charge in [-0.25, -0.2) is 0 Å². The number of ether oxygens (including phenoxy) is 1. The van der Waals surface area contributed by atoms with Gasteiger partial charge in [0.2, 0.25) is 0 Å². The van der Waals surface area contributed by atoms with Gasteiger partial charge in [0.15, 0.2) is 0 Å². The van der Waals surface area contributed by atoms with Crippen LogP contribution in [0.25, 0.3) is 0 Å². The largest absolute Gasteiger partial charge is 1.00 e. The second-order valence-corrected chi connectivity index (χ2v) is 4.11. The van der Waals surface area contributed by atoms with Crippen LogP contribution in [0, 0.1) is 0 Å². The molecule has 0 atom stereocenters. The maximum atomic E-state index is 5.79. The minimum Gasteiger partial charge on any atom is -1.00 e. The molecule has 2 rings (SSSR count). The number of nitrogen functional groups attached to an aromatic ring is 1. The Morgan fingerprint density at radius 3 is 2.06 bits per heavy atom. The Balaban J connectivity index is 0.00000144. The van der Waals surface area contributed by atoms with E-state index in [-0.39, 0.29) is 12.4 Å². The summed E-state index contributed by atoms with van der Waals surface area (Å²) >= 11 is 11.6. The molecule has 0 unspecified atom stereocenters. The number of anilines is 1. The van der Waals surface area contributed by atoms with Crippen LogP contribution in [0.1, 0.15) is 0 Å². The van der Waals surface area contributed by atoms with E-state index in [9.17, 15) is 0 Å². The molecule has 0 fully saturated rings. The minimum absolute atomic E-state index is 0. The van der Waals surface area contributed by atoms with Gasteiger partial charge in [-0.1, -0.05) is 23.2 Å². The molecule has 90 valence electrons. The second-order valence-electron chi connectivity index (χ2n) is 3.24. The lowest BCUT2D eigenvalue weighted by Crippen LogP contribution is -3.00.